The largest absolute Gasteiger partial charge is 0.215 e. The molecule has 1 aromatic carbocycles. The minimum absolute atomic E-state index is 0.561. The van der Waals surface area contributed by atoms with Gasteiger partial charge in [0.2, 0.25) is 5.16 Å². The highest BCUT2D eigenvalue weighted by molar-refractivity contribution is 7.99. The van der Waals surface area contributed by atoms with Crippen molar-refractivity contribution in [2.75, 3.05) is 5.75 Å². The molecule has 0 aliphatic rings. The zero-order chi connectivity index (χ0) is 12.3. The summed E-state index contributed by atoms with van der Waals surface area (Å²) in [6.07, 6.45) is 5.23. The Hall–Kier alpha value is -1.80. The van der Waals surface area contributed by atoms with Crippen molar-refractivity contribution in [3.8, 4) is 18.0 Å². The van der Waals surface area contributed by atoms with Crippen LogP contribution in [0.3, 0.4) is 0 Å². The lowest BCUT2D eigenvalue weighted by molar-refractivity contribution is 0.752. The first-order valence-corrected chi connectivity index (χ1v) is 6.13. The molecule has 0 N–H and O–H groups in total. The second kappa shape index (κ2) is 5.02. The highest BCUT2D eigenvalue weighted by atomic mass is 32.2. The predicted octanol–water partition coefficient (Wildman–Crippen LogP) is 2.00. The molecule has 0 radical (unpaired) electrons. The lowest BCUT2D eigenvalue weighted by atomic mass is 10.1. The Bertz CT molecular complexity index is 568. The van der Waals surface area contributed by atoms with Crippen LogP contribution in [0.25, 0.3) is 5.69 Å². The Morgan fingerprint density at radius 3 is 2.94 bits per heavy atom. The molecule has 0 saturated heterocycles. The predicted molar refractivity (Wildman–Crippen MR) is 68.2 cm³/mol. The maximum atomic E-state index is 5.23. The van der Waals surface area contributed by atoms with Gasteiger partial charge in [-0.1, -0.05) is 35.4 Å². The highest BCUT2D eigenvalue weighted by Crippen LogP contribution is 2.20. The van der Waals surface area contributed by atoms with E-state index in [0.29, 0.717) is 5.75 Å². The fourth-order valence-corrected chi connectivity index (χ4v) is 2.13. The SMILES string of the molecule is C#CCSc1nnnn1-c1ccc(C)cc1C. The van der Waals surface area contributed by atoms with E-state index in [4.69, 9.17) is 6.42 Å². The summed E-state index contributed by atoms with van der Waals surface area (Å²) in [5.41, 5.74) is 3.34. The van der Waals surface area contributed by atoms with E-state index in [1.165, 1.54) is 17.3 Å². The fraction of sp³-hybridized carbons (Fsp3) is 0.250. The van der Waals surface area contributed by atoms with E-state index in [-0.39, 0.29) is 0 Å². The third kappa shape index (κ3) is 2.48. The van der Waals surface area contributed by atoms with Crippen LogP contribution in [-0.4, -0.2) is 26.0 Å². The van der Waals surface area contributed by atoms with Gasteiger partial charge in [0.1, 0.15) is 0 Å². The van der Waals surface area contributed by atoms with Gasteiger partial charge in [-0.15, -0.1) is 11.5 Å². The molecule has 0 fully saturated rings. The number of tetrazole rings is 1. The van der Waals surface area contributed by atoms with Crippen molar-refractivity contribution < 1.29 is 0 Å². The summed E-state index contributed by atoms with van der Waals surface area (Å²) in [5, 5.41) is 12.4. The molecule has 0 saturated carbocycles. The van der Waals surface area contributed by atoms with Gasteiger partial charge >= 0.3 is 0 Å². The van der Waals surface area contributed by atoms with Gasteiger partial charge in [-0.25, -0.2) is 0 Å². The second-order valence-electron chi connectivity index (χ2n) is 3.66. The number of benzene rings is 1. The topological polar surface area (TPSA) is 43.6 Å². The van der Waals surface area contributed by atoms with Crippen LogP contribution >= 0.6 is 11.8 Å². The molecule has 2 aromatic rings. The first-order chi connectivity index (χ1) is 8.22. The van der Waals surface area contributed by atoms with Crippen molar-refractivity contribution in [1.29, 1.82) is 0 Å². The lowest BCUT2D eigenvalue weighted by Crippen LogP contribution is -2.01. The van der Waals surface area contributed by atoms with Crippen LogP contribution < -0.4 is 0 Å². The minimum Gasteiger partial charge on any atom is -0.187 e. The summed E-state index contributed by atoms with van der Waals surface area (Å²) in [4.78, 5) is 0. The minimum atomic E-state index is 0.561. The molecule has 5 heteroatoms. The first-order valence-electron chi connectivity index (χ1n) is 5.14. The lowest BCUT2D eigenvalue weighted by Gasteiger charge is -2.07. The van der Waals surface area contributed by atoms with Gasteiger partial charge in [0, 0.05) is 0 Å². The summed E-state index contributed by atoms with van der Waals surface area (Å²) in [5.74, 6) is 3.12. The third-order valence-corrected chi connectivity index (χ3v) is 3.13. The number of thioether (sulfide) groups is 1. The summed E-state index contributed by atoms with van der Waals surface area (Å²) in [7, 11) is 0. The van der Waals surface area contributed by atoms with Gasteiger partial charge in [-0.3, -0.25) is 0 Å². The van der Waals surface area contributed by atoms with E-state index in [1.54, 1.807) is 4.68 Å². The number of rotatable bonds is 3. The second-order valence-corrected chi connectivity index (χ2v) is 4.60. The van der Waals surface area contributed by atoms with Crippen molar-refractivity contribution in [2.45, 2.75) is 19.0 Å². The van der Waals surface area contributed by atoms with E-state index in [2.05, 4.69) is 34.4 Å². The number of terminal acetylenes is 1. The van der Waals surface area contributed by atoms with E-state index in [1.807, 2.05) is 19.1 Å². The van der Waals surface area contributed by atoms with Crippen LogP contribution in [0.15, 0.2) is 23.4 Å². The molecule has 1 heterocycles. The summed E-state index contributed by atoms with van der Waals surface area (Å²) >= 11 is 1.45. The smallest absolute Gasteiger partial charge is 0.187 e. The Labute approximate surface area is 104 Å². The highest BCUT2D eigenvalue weighted by Gasteiger charge is 2.10. The normalized spacial score (nSPS) is 10.2. The van der Waals surface area contributed by atoms with E-state index in [0.717, 1.165) is 16.4 Å². The van der Waals surface area contributed by atoms with Gasteiger partial charge in [-0.05, 0) is 35.9 Å². The maximum absolute atomic E-state index is 5.23. The quantitative estimate of drug-likeness (QED) is 0.612. The van der Waals surface area contributed by atoms with E-state index >= 15 is 0 Å². The molecule has 0 aliphatic heterocycles. The summed E-state index contributed by atoms with van der Waals surface area (Å²) < 4.78 is 1.72. The average Bonchev–Trinajstić information content (AvgIpc) is 2.74. The number of aromatic nitrogens is 4. The van der Waals surface area contributed by atoms with Gasteiger partial charge in [0.15, 0.2) is 0 Å². The Morgan fingerprint density at radius 2 is 2.24 bits per heavy atom. The Morgan fingerprint density at radius 1 is 1.41 bits per heavy atom. The summed E-state index contributed by atoms with van der Waals surface area (Å²) in [6.45, 7) is 4.10. The van der Waals surface area contributed by atoms with E-state index in [9.17, 15) is 0 Å². The molecule has 86 valence electrons. The van der Waals surface area contributed by atoms with Crippen molar-refractivity contribution >= 4 is 11.8 Å². The van der Waals surface area contributed by atoms with Gasteiger partial charge in [-0.2, -0.15) is 4.68 Å². The van der Waals surface area contributed by atoms with Crippen molar-refractivity contribution in [2.24, 2.45) is 0 Å². The molecule has 0 aliphatic carbocycles. The molecule has 17 heavy (non-hydrogen) atoms. The Kier molecular flexibility index (Phi) is 3.45. The fourth-order valence-electron chi connectivity index (χ4n) is 1.57. The number of aryl methyl sites for hydroxylation is 2. The standard InChI is InChI=1S/C12H12N4S/c1-4-7-17-12-13-14-15-16(12)11-6-5-9(2)8-10(11)3/h1,5-6,8H,7H2,2-3H3. The van der Waals surface area contributed by atoms with Crippen LogP contribution in [0.1, 0.15) is 11.1 Å². The third-order valence-electron chi connectivity index (χ3n) is 2.31. The molecule has 0 spiro atoms. The average molecular weight is 244 g/mol. The molecular formula is C12H12N4S. The van der Waals surface area contributed by atoms with Crippen LogP contribution in [0.4, 0.5) is 0 Å². The van der Waals surface area contributed by atoms with Gasteiger partial charge in [0.05, 0.1) is 11.4 Å². The van der Waals surface area contributed by atoms with Crippen LogP contribution in [0, 0.1) is 26.2 Å². The van der Waals surface area contributed by atoms with Gasteiger partial charge < -0.3 is 0 Å². The molecule has 1 aromatic heterocycles. The number of nitrogens with zero attached hydrogens (tertiary/aromatic N) is 4. The van der Waals surface area contributed by atoms with Crippen molar-refractivity contribution in [3.05, 3.63) is 29.3 Å². The number of hydrogen-bond donors (Lipinski definition) is 0. The monoisotopic (exact) mass is 244 g/mol. The van der Waals surface area contributed by atoms with Crippen LogP contribution in [0.2, 0.25) is 0 Å². The molecular weight excluding hydrogens is 232 g/mol. The Balaban J connectivity index is 2.40. The van der Waals surface area contributed by atoms with Crippen LogP contribution in [0.5, 0.6) is 0 Å². The molecule has 0 amide bonds. The first kappa shape index (κ1) is 11.7. The molecule has 0 bridgehead atoms. The molecule has 0 unspecified atom stereocenters. The molecule has 2 rings (SSSR count). The zero-order valence-corrected chi connectivity index (χ0v) is 10.5. The molecule has 4 nitrogen and oxygen atoms in total. The van der Waals surface area contributed by atoms with Gasteiger partial charge in [0.25, 0.3) is 0 Å². The zero-order valence-electron chi connectivity index (χ0n) is 9.71. The maximum Gasteiger partial charge on any atom is 0.215 e. The van der Waals surface area contributed by atoms with Crippen molar-refractivity contribution in [1.82, 2.24) is 20.2 Å². The van der Waals surface area contributed by atoms with Crippen LogP contribution in [-0.2, 0) is 0 Å². The number of hydrogen-bond acceptors (Lipinski definition) is 4. The molecule has 0 atom stereocenters. The van der Waals surface area contributed by atoms with Crippen molar-refractivity contribution in [3.63, 3.8) is 0 Å². The summed E-state index contributed by atoms with van der Waals surface area (Å²) in [6, 6.07) is 6.16. The van der Waals surface area contributed by atoms with E-state index < -0.39 is 0 Å².